The van der Waals surface area contributed by atoms with Gasteiger partial charge in [-0.15, -0.1) is 0 Å². The van der Waals surface area contributed by atoms with Gasteiger partial charge < -0.3 is 0 Å². The maximum Gasteiger partial charge on any atom is 0.0594 e. The predicted octanol–water partition coefficient (Wildman–Crippen LogP) is 12.1. The lowest BCUT2D eigenvalue weighted by atomic mass is 10.1. The summed E-state index contributed by atoms with van der Waals surface area (Å²) in [6, 6.07) is 0. The van der Waals surface area contributed by atoms with Crippen molar-refractivity contribution in [3.8, 4) is 0 Å². The summed E-state index contributed by atoms with van der Waals surface area (Å²) in [6.07, 6.45) is 40.6. The van der Waals surface area contributed by atoms with Crippen molar-refractivity contribution in [1.82, 2.24) is 0 Å². The quantitative estimate of drug-likeness (QED) is 0.0828. The monoisotopic (exact) mass is 469 g/mol. The van der Waals surface area contributed by atoms with Crippen molar-refractivity contribution in [3.63, 3.8) is 0 Å². The molecule has 0 fully saturated rings. The van der Waals surface area contributed by atoms with Crippen molar-refractivity contribution in [2.75, 3.05) is 24.6 Å². The van der Waals surface area contributed by atoms with Gasteiger partial charge >= 0.3 is 0 Å². The van der Waals surface area contributed by atoms with Crippen molar-refractivity contribution < 1.29 is 0 Å². The average molecular weight is 470 g/mol. The van der Waals surface area contributed by atoms with Gasteiger partial charge in [0, 0.05) is 7.26 Å². The first-order valence-electron chi connectivity index (χ1n) is 15.6. The summed E-state index contributed by atoms with van der Waals surface area (Å²) in [7, 11) is -0.686. The normalized spacial score (nSPS) is 12.0. The third-order valence-corrected chi connectivity index (χ3v) is 12.8. The number of hydrogen-bond donors (Lipinski definition) is 0. The lowest BCUT2D eigenvalue weighted by molar-refractivity contribution is 0.548. The average Bonchev–Trinajstić information content (AvgIpc) is 2.80. The van der Waals surface area contributed by atoms with Crippen molar-refractivity contribution in [1.29, 1.82) is 0 Å². The molecule has 0 aliphatic heterocycles. The second kappa shape index (κ2) is 26.0. The minimum absolute atomic E-state index is 0.686. The molecule has 0 aliphatic rings. The van der Waals surface area contributed by atoms with Gasteiger partial charge in [0.1, 0.15) is 0 Å². The van der Waals surface area contributed by atoms with Gasteiger partial charge in [0.25, 0.3) is 0 Å². The SMILES string of the molecule is CCCCCCCCCCCCCC[P+](CCCCC)(CCCCCC)CCCCCC. The third-order valence-electron chi connectivity index (χ3n) is 7.69. The molecular formula is C31H66P+. The Kier molecular flexibility index (Phi) is 26.4. The maximum absolute atomic E-state index is 2.38. The predicted molar refractivity (Wildman–Crippen MR) is 155 cm³/mol. The molecular weight excluding hydrogens is 403 g/mol. The van der Waals surface area contributed by atoms with Gasteiger partial charge in [-0.2, -0.15) is 0 Å². The molecule has 0 radical (unpaired) electrons. The van der Waals surface area contributed by atoms with Gasteiger partial charge in [-0.1, -0.05) is 130 Å². The van der Waals surface area contributed by atoms with Crippen LogP contribution in [0.1, 0.15) is 175 Å². The van der Waals surface area contributed by atoms with Crippen LogP contribution in [0.15, 0.2) is 0 Å². The molecule has 0 amide bonds. The van der Waals surface area contributed by atoms with Gasteiger partial charge in [0.05, 0.1) is 24.6 Å². The van der Waals surface area contributed by atoms with Crippen molar-refractivity contribution in [2.45, 2.75) is 175 Å². The highest BCUT2D eigenvalue weighted by molar-refractivity contribution is 7.75. The molecule has 0 aliphatic carbocycles. The Morgan fingerprint density at radius 2 is 0.438 bits per heavy atom. The minimum atomic E-state index is -0.686. The molecule has 0 aromatic carbocycles. The van der Waals surface area contributed by atoms with Crippen molar-refractivity contribution in [2.24, 2.45) is 0 Å². The summed E-state index contributed by atoms with van der Waals surface area (Å²) in [5.74, 6) is 0. The van der Waals surface area contributed by atoms with E-state index in [2.05, 4.69) is 27.7 Å². The molecule has 1 heteroatoms. The summed E-state index contributed by atoms with van der Waals surface area (Å²) < 4.78 is 0. The van der Waals surface area contributed by atoms with Crippen molar-refractivity contribution in [3.05, 3.63) is 0 Å². The molecule has 32 heavy (non-hydrogen) atoms. The zero-order valence-electron chi connectivity index (χ0n) is 23.5. The molecule has 0 N–H and O–H groups in total. The fraction of sp³-hybridized carbons (Fsp3) is 1.00. The van der Waals surface area contributed by atoms with Gasteiger partial charge in [0.15, 0.2) is 0 Å². The molecule has 194 valence electrons. The Balaban J connectivity index is 4.27. The first-order chi connectivity index (χ1) is 15.7. The number of unbranched alkanes of at least 4 members (excludes halogenated alkanes) is 19. The van der Waals surface area contributed by atoms with Crippen LogP contribution in [0.3, 0.4) is 0 Å². The Labute approximate surface area is 207 Å². The summed E-state index contributed by atoms with van der Waals surface area (Å²) in [4.78, 5) is 0. The minimum Gasteiger partial charge on any atom is -0.0654 e. The third kappa shape index (κ3) is 21.0. The zero-order chi connectivity index (χ0) is 23.6. The molecule has 0 atom stereocenters. The van der Waals surface area contributed by atoms with Gasteiger partial charge in [-0.3, -0.25) is 0 Å². The van der Waals surface area contributed by atoms with Crippen LogP contribution in [-0.4, -0.2) is 24.6 Å². The second-order valence-electron chi connectivity index (χ2n) is 11.0. The summed E-state index contributed by atoms with van der Waals surface area (Å²) in [5, 5.41) is 0. The van der Waals surface area contributed by atoms with Gasteiger partial charge in [0.2, 0.25) is 0 Å². The fourth-order valence-corrected chi connectivity index (χ4v) is 10.3. The highest BCUT2D eigenvalue weighted by Crippen LogP contribution is 2.61. The van der Waals surface area contributed by atoms with Crippen LogP contribution >= 0.6 is 7.26 Å². The van der Waals surface area contributed by atoms with Crippen LogP contribution < -0.4 is 0 Å². The molecule has 0 unspecified atom stereocenters. The largest absolute Gasteiger partial charge is 0.0654 e. The molecule has 0 aromatic rings. The first kappa shape index (κ1) is 32.4. The Bertz CT molecular complexity index is 325. The van der Waals surface area contributed by atoms with E-state index in [9.17, 15) is 0 Å². The zero-order valence-corrected chi connectivity index (χ0v) is 24.4. The van der Waals surface area contributed by atoms with E-state index in [0.717, 1.165) is 0 Å². The van der Waals surface area contributed by atoms with Crippen LogP contribution in [0.4, 0.5) is 0 Å². The topological polar surface area (TPSA) is 0 Å². The van der Waals surface area contributed by atoms with Crippen LogP contribution in [0, 0.1) is 0 Å². The molecule has 0 rings (SSSR count). The summed E-state index contributed by atoms with van der Waals surface area (Å²) in [6.45, 7) is 9.42. The Hall–Kier alpha value is 0.430. The van der Waals surface area contributed by atoms with Crippen LogP contribution in [0.2, 0.25) is 0 Å². The summed E-state index contributed by atoms with van der Waals surface area (Å²) >= 11 is 0. The lowest BCUT2D eigenvalue weighted by Crippen LogP contribution is -2.13. The smallest absolute Gasteiger partial charge is 0.0594 e. The van der Waals surface area contributed by atoms with E-state index in [-0.39, 0.29) is 0 Å². The van der Waals surface area contributed by atoms with E-state index in [0.29, 0.717) is 0 Å². The fourth-order valence-electron chi connectivity index (χ4n) is 5.40. The highest BCUT2D eigenvalue weighted by atomic mass is 31.2. The molecule has 0 spiro atoms. The van der Waals surface area contributed by atoms with Gasteiger partial charge in [-0.25, -0.2) is 0 Å². The number of rotatable bonds is 27. The Morgan fingerprint density at radius 1 is 0.250 bits per heavy atom. The van der Waals surface area contributed by atoms with E-state index in [1.807, 2.05) is 0 Å². The second-order valence-corrected chi connectivity index (χ2v) is 15.4. The molecule has 0 bridgehead atoms. The molecule has 0 heterocycles. The molecule has 0 aromatic heterocycles. The van der Waals surface area contributed by atoms with Crippen LogP contribution in [0.25, 0.3) is 0 Å². The first-order valence-corrected chi connectivity index (χ1v) is 18.1. The molecule has 0 nitrogen and oxygen atoms in total. The van der Waals surface area contributed by atoms with Gasteiger partial charge in [-0.05, 0) is 44.9 Å². The number of hydrogen-bond acceptors (Lipinski definition) is 0. The van der Waals surface area contributed by atoms with Crippen LogP contribution in [0.5, 0.6) is 0 Å². The Morgan fingerprint density at radius 3 is 0.750 bits per heavy atom. The summed E-state index contributed by atoms with van der Waals surface area (Å²) in [5.41, 5.74) is 0. The molecule has 0 saturated heterocycles. The standard InChI is InChI=1S/C31H66P/c1-5-9-13-16-17-18-19-20-21-22-23-27-31-32(28-24-12-8-4,29-25-14-10-6-2)30-26-15-11-7-3/h5-31H2,1-4H3/q+1. The highest BCUT2D eigenvalue weighted by Gasteiger charge is 2.34. The van der Waals surface area contributed by atoms with E-state index in [1.54, 1.807) is 43.9 Å². The van der Waals surface area contributed by atoms with Crippen LogP contribution in [-0.2, 0) is 0 Å². The van der Waals surface area contributed by atoms with Crippen molar-refractivity contribution >= 4 is 7.26 Å². The van der Waals surface area contributed by atoms with E-state index < -0.39 is 7.26 Å². The van der Waals surface area contributed by atoms with E-state index in [1.165, 1.54) is 128 Å². The lowest BCUT2D eigenvalue weighted by Gasteiger charge is -2.28. The van der Waals surface area contributed by atoms with E-state index >= 15 is 0 Å². The van der Waals surface area contributed by atoms with E-state index in [4.69, 9.17) is 0 Å². The molecule has 0 saturated carbocycles. The maximum atomic E-state index is 2.38.